The zero-order chi connectivity index (χ0) is 12.6. The van der Waals surface area contributed by atoms with Gasteiger partial charge in [0.1, 0.15) is 0 Å². The highest BCUT2D eigenvalue weighted by molar-refractivity contribution is 7.09. The highest BCUT2D eigenvalue weighted by Gasteiger charge is 2.17. The van der Waals surface area contributed by atoms with Crippen molar-refractivity contribution in [2.45, 2.75) is 64.3 Å². The average molecular weight is 265 g/mol. The summed E-state index contributed by atoms with van der Waals surface area (Å²) in [6.45, 7) is 3.48. The molecule has 0 bridgehead atoms. The molecule has 0 aromatic carbocycles. The van der Waals surface area contributed by atoms with Gasteiger partial charge in [-0.05, 0) is 43.0 Å². The van der Waals surface area contributed by atoms with Gasteiger partial charge in [-0.2, -0.15) is 0 Å². The van der Waals surface area contributed by atoms with Gasteiger partial charge in [-0.1, -0.05) is 38.7 Å². The molecule has 1 nitrogen and oxygen atoms in total. The number of thiophene rings is 1. The van der Waals surface area contributed by atoms with Crippen molar-refractivity contribution in [1.82, 2.24) is 5.32 Å². The van der Waals surface area contributed by atoms with E-state index in [1.165, 1.54) is 56.2 Å². The van der Waals surface area contributed by atoms with Crippen molar-refractivity contribution in [2.24, 2.45) is 5.92 Å². The molecule has 1 fully saturated rings. The van der Waals surface area contributed by atoms with Crippen LogP contribution in [0, 0.1) is 5.92 Å². The number of hydrogen-bond acceptors (Lipinski definition) is 2. The minimum absolute atomic E-state index is 0.784. The summed E-state index contributed by atoms with van der Waals surface area (Å²) in [5.74, 6) is 1.01. The molecule has 2 heteroatoms. The molecule has 102 valence electrons. The molecule has 2 unspecified atom stereocenters. The Morgan fingerprint density at radius 1 is 1.28 bits per heavy atom. The Hall–Kier alpha value is -0.340. The van der Waals surface area contributed by atoms with Crippen LogP contribution in [0.25, 0.3) is 0 Å². The van der Waals surface area contributed by atoms with Crippen molar-refractivity contribution >= 4 is 11.3 Å². The van der Waals surface area contributed by atoms with E-state index in [-0.39, 0.29) is 0 Å². The van der Waals surface area contributed by atoms with E-state index in [9.17, 15) is 0 Å². The standard InChI is InChI=1S/C16H27NS/c1-2-5-14-6-3-7-15(10-9-14)17-12-11-16-8-4-13-18-16/h4,8,13-15,17H,2-3,5-7,9-12H2,1H3. The SMILES string of the molecule is CCCC1CCCC(NCCc2cccs2)CC1. The van der Waals surface area contributed by atoms with Crippen LogP contribution in [0.4, 0.5) is 0 Å². The summed E-state index contributed by atoms with van der Waals surface area (Å²) in [4.78, 5) is 1.51. The monoisotopic (exact) mass is 265 g/mol. The third-order valence-electron chi connectivity index (χ3n) is 4.17. The quantitative estimate of drug-likeness (QED) is 0.740. The lowest BCUT2D eigenvalue weighted by Gasteiger charge is -2.16. The fraction of sp³-hybridized carbons (Fsp3) is 0.750. The van der Waals surface area contributed by atoms with Crippen LogP contribution in [0.5, 0.6) is 0 Å². The second kappa shape index (κ2) is 7.96. The lowest BCUT2D eigenvalue weighted by molar-refractivity contribution is 0.411. The summed E-state index contributed by atoms with van der Waals surface area (Å²) in [7, 11) is 0. The van der Waals surface area contributed by atoms with Gasteiger partial charge in [0.05, 0.1) is 0 Å². The molecule has 0 spiro atoms. The van der Waals surface area contributed by atoms with Gasteiger partial charge in [0.2, 0.25) is 0 Å². The molecule has 0 amide bonds. The summed E-state index contributed by atoms with van der Waals surface area (Å²) < 4.78 is 0. The van der Waals surface area contributed by atoms with Crippen molar-refractivity contribution in [3.8, 4) is 0 Å². The van der Waals surface area contributed by atoms with Crippen molar-refractivity contribution in [3.05, 3.63) is 22.4 Å². The normalized spacial score (nSPS) is 24.9. The smallest absolute Gasteiger partial charge is 0.00673 e. The van der Waals surface area contributed by atoms with Crippen LogP contribution in [0.2, 0.25) is 0 Å². The first kappa shape index (κ1) is 14.1. The molecular weight excluding hydrogens is 238 g/mol. The van der Waals surface area contributed by atoms with E-state index in [0.29, 0.717) is 0 Å². The van der Waals surface area contributed by atoms with E-state index in [1.807, 2.05) is 11.3 Å². The predicted molar refractivity (Wildman–Crippen MR) is 81.3 cm³/mol. The van der Waals surface area contributed by atoms with Gasteiger partial charge in [0, 0.05) is 17.5 Å². The number of hydrogen-bond donors (Lipinski definition) is 1. The van der Waals surface area contributed by atoms with Crippen LogP contribution >= 0.6 is 11.3 Å². The Morgan fingerprint density at radius 3 is 3.00 bits per heavy atom. The van der Waals surface area contributed by atoms with Gasteiger partial charge in [0.25, 0.3) is 0 Å². The van der Waals surface area contributed by atoms with Crippen LogP contribution in [-0.2, 0) is 6.42 Å². The van der Waals surface area contributed by atoms with E-state index in [0.717, 1.165) is 18.5 Å². The highest BCUT2D eigenvalue weighted by atomic mass is 32.1. The molecule has 1 saturated carbocycles. The zero-order valence-corrected chi connectivity index (χ0v) is 12.5. The molecule has 1 N–H and O–H groups in total. The lowest BCUT2D eigenvalue weighted by atomic mass is 9.95. The molecule has 2 rings (SSSR count). The molecule has 0 aliphatic heterocycles. The molecule has 1 heterocycles. The summed E-state index contributed by atoms with van der Waals surface area (Å²) in [6.07, 6.45) is 11.2. The van der Waals surface area contributed by atoms with Crippen molar-refractivity contribution in [2.75, 3.05) is 6.54 Å². The van der Waals surface area contributed by atoms with E-state index >= 15 is 0 Å². The largest absolute Gasteiger partial charge is 0.314 e. The second-order valence-corrected chi connectivity index (χ2v) is 6.68. The van der Waals surface area contributed by atoms with Crippen LogP contribution in [0.15, 0.2) is 17.5 Å². The first-order chi connectivity index (χ1) is 8.88. The van der Waals surface area contributed by atoms with Crippen LogP contribution in [0.3, 0.4) is 0 Å². The Morgan fingerprint density at radius 2 is 2.22 bits per heavy atom. The minimum atomic E-state index is 0.784. The van der Waals surface area contributed by atoms with Crippen LogP contribution in [-0.4, -0.2) is 12.6 Å². The maximum atomic E-state index is 3.77. The molecule has 1 aromatic heterocycles. The second-order valence-electron chi connectivity index (χ2n) is 5.64. The molecule has 2 atom stereocenters. The maximum Gasteiger partial charge on any atom is 0.00673 e. The third kappa shape index (κ3) is 4.74. The first-order valence-corrected chi connectivity index (χ1v) is 8.52. The first-order valence-electron chi connectivity index (χ1n) is 7.64. The zero-order valence-electron chi connectivity index (χ0n) is 11.7. The van der Waals surface area contributed by atoms with Gasteiger partial charge in [-0.25, -0.2) is 0 Å². The maximum absolute atomic E-state index is 3.77. The van der Waals surface area contributed by atoms with Gasteiger partial charge >= 0.3 is 0 Å². The number of nitrogens with one attached hydrogen (secondary N) is 1. The topological polar surface area (TPSA) is 12.0 Å². The summed E-state index contributed by atoms with van der Waals surface area (Å²) in [5, 5.41) is 5.95. The van der Waals surface area contributed by atoms with E-state index in [2.05, 4.69) is 29.8 Å². The molecule has 1 aliphatic rings. The molecule has 0 radical (unpaired) electrons. The van der Waals surface area contributed by atoms with E-state index in [4.69, 9.17) is 0 Å². The highest BCUT2D eigenvalue weighted by Crippen LogP contribution is 2.26. The van der Waals surface area contributed by atoms with Gasteiger partial charge in [0.15, 0.2) is 0 Å². The minimum Gasteiger partial charge on any atom is -0.314 e. The fourth-order valence-electron chi connectivity index (χ4n) is 3.13. The van der Waals surface area contributed by atoms with Crippen molar-refractivity contribution in [1.29, 1.82) is 0 Å². The summed E-state index contributed by atoms with van der Waals surface area (Å²) in [6, 6.07) is 5.18. The summed E-state index contributed by atoms with van der Waals surface area (Å²) in [5.41, 5.74) is 0. The Kier molecular flexibility index (Phi) is 6.22. The third-order valence-corrected chi connectivity index (χ3v) is 5.11. The molecule has 18 heavy (non-hydrogen) atoms. The van der Waals surface area contributed by atoms with E-state index < -0.39 is 0 Å². The van der Waals surface area contributed by atoms with Gasteiger partial charge in [-0.3, -0.25) is 0 Å². The van der Waals surface area contributed by atoms with Gasteiger partial charge in [-0.15, -0.1) is 11.3 Å². The Balaban J connectivity index is 1.64. The molecule has 1 aromatic rings. The lowest BCUT2D eigenvalue weighted by Crippen LogP contribution is -2.30. The molecule has 1 aliphatic carbocycles. The fourth-order valence-corrected chi connectivity index (χ4v) is 3.84. The van der Waals surface area contributed by atoms with Crippen LogP contribution in [0.1, 0.15) is 56.7 Å². The summed E-state index contributed by atoms with van der Waals surface area (Å²) >= 11 is 1.88. The average Bonchev–Trinajstić information content (AvgIpc) is 2.78. The van der Waals surface area contributed by atoms with Crippen LogP contribution < -0.4 is 5.32 Å². The number of rotatable bonds is 6. The van der Waals surface area contributed by atoms with Gasteiger partial charge < -0.3 is 5.32 Å². The molecule has 0 saturated heterocycles. The van der Waals surface area contributed by atoms with E-state index in [1.54, 1.807) is 0 Å². The molecular formula is C16H27NS. The Labute approximate surface area is 116 Å². The Bertz CT molecular complexity index is 307. The predicted octanol–water partition coefficient (Wildman–Crippen LogP) is 4.63. The van der Waals surface area contributed by atoms with Crippen molar-refractivity contribution < 1.29 is 0 Å². The van der Waals surface area contributed by atoms with Crippen molar-refractivity contribution in [3.63, 3.8) is 0 Å².